The molecule has 0 amide bonds. The van der Waals surface area contributed by atoms with Gasteiger partial charge in [-0.2, -0.15) is 0 Å². The predicted molar refractivity (Wildman–Crippen MR) is 35.3 cm³/mol. The van der Waals surface area contributed by atoms with Crippen LogP contribution in [-0.4, -0.2) is 11.1 Å². The van der Waals surface area contributed by atoms with Gasteiger partial charge in [0.1, 0.15) is 11.1 Å². The lowest BCUT2D eigenvalue weighted by Gasteiger charge is -2.05. The number of carbonyl (C=O) groups excluding carboxylic acids is 1. The summed E-state index contributed by atoms with van der Waals surface area (Å²) in [5.41, 5.74) is 0. The van der Waals surface area contributed by atoms with Gasteiger partial charge in [-0.3, -0.25) is 0 Å². The van der Waals surface area contributed by atoms with Crippen molar-refractivity contribution in [3.8, 4) is 0 Å². The van der Waals surface area contributed by atoms with E-state index in [4.69, 9.17) is 23.2 Å². The van der Waals surface area contributed by atoms with Gasteiger partial charge < -0.3 is 4.79 Å². The van der Waals surface area contributed by atoms with E-state index >= 15 is 0 Å². The first kappa shape index (κ1) is 8.25. The molecule has 0 spiro atoms. The van der Waals surface area contributed by atoms with E-state index in [9.17, 15) is 4.79 Å². The van der Waals surface area contributed by atoms with Crippen LogP contribution in [0.3, 0.4) is 0 Å². The van der Waals surface area contributed by atoms with Crippen LogP contribution in [0, 0.1) is 5.92 Å². The number of alkyl halides is 2. The SMILES string of the molecule is C[C@@H](CC=O)C(Cl)Cl. The van der Waals surface area contributed by atoms with Gasteiger partial charge in [0.05, 0.1) is 0 Å². The number of halogens is 2. The van der Waals surface area contributed by atoms with Crippen LogP contribution in [0.4, 0.5) is 0 Å². The molecule has 0 rings (SSSR count). The maximum Gasteiger partial charge on any atom is 0.120 e. The smallest absolute Gasteiger partial charge is 0.120 e. The molecule has 0 aromatic heterocycles. The van der Waals surface area contributed by atoms with Crippen LogP contribution in [0.2, 0.25) is 0 Å². The highest BCUT2D eigenvalue weighted by atomic mass is 35.5. The molecule has 0 saturated heterocycles. The van der Waals surface area contributed by atoms with Crippen LogP contribution in [0.25, 0.3) is 0 Å². The van der Waals surface area contributed by atoms with Crippen LogP contribution in [-0.2, 0) is 4.79 Å². The fraction of sp³-hybridized carbons (Fsp3) is 0.800. The van der Waals surface area contributed by atoms with Crippen molar-refractivity contribution in [2.24, 2.45) is 5.92 Å². The molecule has 0 heterocycles. The summed E-state index contributed by atoms with van der Waals surface area (Å²) >= 11 is 10.8. The number of rotatable bonds is 3. The zero-order valence-corrected chi connectivity index (χ0v) is 6.12. The van der Waals surface area contributed by atoms with E-state index in [2.05, 4.69) is 0 Å². The van der Waals surface area contributed by atoms with Gasteiger partial charge in [-0.15, -0.1) is 23.2 Å². The Kier molecular flexibility index (Phi) is 4.29. The lowest BCUT2D eigenvalue weighted by Crippen LogP contribution is -2.03. The molecule has 0 saturated carbocycles. The van der Waals surface area contributed by atoms with E-state index < -0.39 is 4.84 Å². The monoisotopic (exact) mass is 154 g/mol. The number of hydrogen-bond acceptors (Lipinski definition) is 1. The first-order valence-electron chi connectivity index (χ1n) is 2.40. The standard InChI is InChI=1S/C5H8Cl2O/c1-4(2-3-8)5(6)7/h3-5H,2H2,1H3/t4-/m0/s1. The average Bonchev–Trinajstić information content (AvgIpc) is 1.67. The second-order valence-corrected chi connectivity index (χ2v) is 2.88. The molecule has 0 aliphatic carbocycles. The first-order valence-corrected chi connectivity index (χ1v) is 3.27. The average molecular weight is 155 g/mol. The number of aldehydes is 1. The van der Waals surface area contributed by atoms with Gasteiger partial charge in [0, 0.05) is 6.42 Å². The fourth-order valence-corrected chi connectivity index (χ4v) is 0.460. The van der Waals surface area contributed by atoms with Crippen LogP contribution in [0.5, 0.6) is 0 Å². The Morgan fingerprint density at radius 1 is 1.62 bits per heavy atom. The van der Waals surface area contributed by atoms with E-state index in [1.807, 2.05) is 6.92 Å². The number of carbonyl (C=O) groups is 1. The molecule has 3 heteroatoms. The van der Waals surface area contributed by atoms with Crippen LogP contribution in [0.15, 0.2) is 0 Å². The molecule has 1 nitrogen and oxygen atoms in total. The highest BCUT2D eigenvalue weighted by Crippen LogP contribution is 2.16. The second-order valence-electron chi connectivity index (χ2n) is 1.71. The molecule has 0 unspecified atom stereocenters. The van der Waals surface area contributed by atoms with Gasteiger partial charge in [0.15, 0.2) is 0 Å². The van der Waals surface area contributed by atoms with E-state index in [0.717, 1.165) is 6.29 Å². The summed E-state index contributed by atoms with van der Waals surface area (Å²) in [6.07, 6.45) is 1.26. The number of hydrogen-bond donors (Lipinski definition) is 0. The summed E-state index contributed by atoms with van der Waals surface area (Å²) in [5.74, 6) is 0.0795. The molecule has 0 radical (unpaired) electrons. The Balaban J connectivity index is 3.30. The zero-order valence-electron chi connectivity index (χ0n) is 4.60. The van der Waals surface area contributed by atoms with Crippen molar-refractivity contribution in [2.45, 2.75) is 18.2 Å². The molecule has 0 aromatic rings. The Morgan fingerprint density at radius 3 is 2.25 bits per heavy atom. The van der Waals surface area contributed by atoms with Crippen molar-refractivity contribution in [1.82, 2.24) is 0 Å². The van der Waals surface area contributed by atoms with Crippen molar-refractivity contribution in [3.63, 3.8) is 0 Å². The minimum Gasteiger partial charge on any atom is -0.303 e. The second kappa shape index (κ2) is 4.16. The maximum atomic E-state index is 9.80. The van der Waals surface area contributed by atoms with Crippen molar-refractivity contribution < 1.29 is 4.79 Å². The van der Waals surface area contributed by atoms with Crippen molar-refractivity contribution in [3.05, 3.63) is 0 Å². The first-order chi connectivity index (χ1) is 3.68. The predicted octanol–water partition coefficient (Wildman–Crippen LogP) is 2.02. The molecule has 48 valence electrons. The van der Waals surface area contributed by atoms with Crippen LogP contribution in [0.1, 0.15) is 13.3 Å². The maximum absolute atomic E-state index is 9.80. The highest BCUT2D eigenvalue weighted by molar-refractivity contribution is 6.44. The third-order valence-corrected chi connectivity index (χ3v) is 1.76. The molecular formula is C5H8Cl2O. The summed E-state index contributed by atoms with van der Waals surface area (Å²) in [6.45, 7) is 1.83. The normalized spacial score (nSPS) is 14.0. The summed E-state index contributed by atoms with van der Waals surface area (Å²) < 4.78 is 0. The molecule has 1 atom stereocenters. The lowest BCUT2D eigenvalue weighted by atomic mass is 10.1. The molecule has 0 N–H and O–H groups in total. The highest BCUT2D eigenvalue weighted by Gasteiger charge is 2.08. The molecule has 0 bridgehead atoms. The van der Waals surface area contributed by atoms with E-state index in [-0.39, 0.29) is 5.92 Å². The van der Waals surface area contributed by atoms with Crippen LogP contribution < -0.4 is 0 Å². The third kappa shape index (κ3) is 3.28. The molecule has 0 aliphatic heterocycles. The summed E-state index contributed by atoms with van der Waals surface area (Å²) in [5, 5.41) is 0. The topological polar surface area (TPSA) is 17.1 Å². The molecule has 0 fully saturated rings. The summed E-state index contributed by atoms with van der Waals surface area (Å²) in [4.78, 5) is 9.39. The summed E-state index contributed by atoms with van der Waals surface area (Å²) in [6, 6.07) is 0. The van der Waals surface area contributed by atoms with E-state index in [1.165, 1.54) is 0 Å². The Bertz CT molecular complexity index is 72.8. The van der Waals surface area contributed by atoms with Gasteiger partial charge in [0.2, 0.25) is 0 Å². The quantitative estimate of drug-likeness (QED) is 0.450. The Hall–Kier alpha value is 0.250. The van der Waals surface area contributed by atoms with Gasteiger partial charge in [-0.25, -0.2) is 0 Å². The van der Waals surface area contributed by atoms with Crippen molar-refractivity contribution >= 4 is 29.5 Å². The lowest BCUT2D eigenvalue weighted by molar-refractivity contribution is -0.108. The third-order valence-electron chi connectivity index (χ3n) is 0.898. The van der Waals surface area contributed by atoms with E-state index in [1.54, 1.807) is 0 Å². The summed E-state index contributed by atoms with van der Waals surface area (Å²) in [7, 11) is 0. The van der Waals surface area contributed by atoms with Crippen LogP contribution >= 0.6 is 23.2 Å². The van der Waals surface area contributed by atoms with Gasteiger partial charge in [-0.05, 0) is 5.92 Å². The van der Waals surface area contributed by atoms with Gasteiger partial charge in [0.25, 0.3) is 0 Å². The molecule has 8 heavy (non-hydrogen) atoms. The Labute approximate surface area is 59.0 Å². The van der Waals surface area contributed by atoms with Gasteiger partial charge >= 0.3 is 0 Å². The Morgan fingerprint density at radius 2 is 2.12 bits per heavy atom. The minimum absolute atomic E-state index is 0.0795. The van der Waals surface area contributed by atoms with Crippen molar-refractivity contribution in [1.29, 1.82) is 0 Å². The van der Waals surface area contributed by atoms with E-state index in [0.29, 0.717) is 6.42 Å². The fourth-order valence-electron chi connectivity index (χ4n) is 0.255. The zero-order chi connectivity index (χ0) is 6.57. The van der Waals surface area contributed by atoms with Gasteiger partial charge in [-0.1, -0.05) is 6.92 Å². The molecule has 0 aromatic carbocycles. The molecule has 0 aliphatic rings. The largest absolute Gasteiger partial charge is 0.303 e. The molecular weight excluding hydrogens is 147 g/mol. The van der Waals surface area contributed by atoms with Crippen molar-refractivity contribution in [2.75, 3.05) is 0 Å². The minimum atomic E-state index is -0.416.